The van der Waals surface area contributed by atoms with Gasteiger partial charge in [-0.2, -0.15) is 0 Å². The minimum Gasteiger partial charge on any atom is -0.506 e. The normalized spacial score (nSPS) is 9.33. The van der Waals surface area contributed by atoms with Crippen LogP contribution >= 0.6 is 0 Å². The molecule has 2 rings (SSSR count). The minimum atomic E-state index is 0. The fourth-order valence-corrected chi connectivity index (χ4v) is 1.09. The molecule has 1 aromatic heterocycles. The van der Waals surface area contributed by atoms with Gasteiger partial charge in [-0.3, -0.25) is 4.98 Å². The number of pyridine rings is 1. The van der Waals surface area contributed by atoms with Gasteiger partial charge in [-0.25, -0.2) is 0 Å². The molecule has 0 amide bonds. The number of para-hydroxylation sites is 1. The number of aromatic nitrogens is 1. The van der Waals surface area contributed by atoms with Gasteiger partial charge in [-0.1, -0.05) is 18.2 Å². The third-order valence-corrected chi connectivity index (χ3v) is 1.61. The standard InChI is InChI=1S/C9H7NO.Cd/c11-8-5-1-3-7-4-2-6-10-9(7)8;/h1-6,11H;. The van der Waals surface area contributed by atoms with Gasteiger partial charge in [0, 0.05) is 38.9 Å². The third kappa shape index (κ3) is 1.57. The first-order valence-electron chi connectivity index (χ1n) is 3.40. The van der Waals surface area contributed by atoms with Crippen LogP contribution < -0.4 is 0 Å². The number of hydrogen-bond donors (Lipinski definition) is 1. The van der Waals surface area contributed by atoms with E-state index in [4.69, 9.17) is 0 Å². The molecular formula is C9H7CdNO. The van der Waals surface area contributed by atoms with Crippen LogP contribution in [0.25, 0.3) is 10.9 Å². The van der Waals surface area contributed by atoms with Crippen molar-refractivity contribution in [2.75, 3.05) is 0 Å². The van der Waals surface area contributed by atoms with Gasteiger partial charge in [0.15, 0.2) is 0 Å². The summed E-state index contributed by atoms with van der Waals surface area (Å²) >= 11 is 0. The van der Waals surface area contributed by atoms with E-state index >= 15 is 0 Å². The molecule has 0 saturated heterocycles. The monoisotopic (exact) mass is 259 g/mol. The van der Waals surface area contributed by atoms with E-state index in [1.807, 2.05) is 18.2 Å². The second kappa shape index (κ2) is 3.84. The van der Waals surface area contributed by atoms with Crippen LogP contribution in [0.15, 0.2) is 36.5 Å². The molecule has 0 unspecified atom stereocenters. The smallest absolute Gasteiger partial charge is 0.141 e. The van der Waals surface area contributed by atoms with E-state index in [-0.39, 0.29) is 33.0 Å². The molecule has 0 aliphatic carbocycles. The number of rotatable bonds is 0. The fraction of sp³-hybridized carbons (Fsp3) is 0. The molecule has 12 heavy (non-hydrogen) atoms. The van der Waals surface area contributed by atoms with Gasteiger partial charge in [0.2, 0.25) is 0 Å². The third-order valence-electron chi connectivity index (χ3n) is 1.61. The molecule has 2 nitrogen and oxygen atoms in total. The quantitative estimate of drug-likeness (QED) is 0.732. The average molecular weight is 258 g/mol. The van der Waals surface area contributed by atoms with Crippen molar-refractivity contribution in [2.24, 2.45) is 0 Å². The molecule has 0 radical (unpaired) electrons. The Hall–Kier alpha value is -0.648. The van der Waals surface area contributed by atoms with Crippen molar-refractivity contribution in [1.29, 1.82) is 0 Å². The zero-order chi connectivity index (χ0) is 7.68. The average Bonchev–Trinajstić information content (AvgIpc) is 2.06. The topological polar surface area (TPSA) is 33.1 Å². The van der Waals surface area contributed by atoms with Crippen LogP contribution in [-0.4, -0.2) is 10.1 Å². The van der Waals surface area contributed by atoms with Crippen LogP contribution in [0.2, 0.25) is 0 Å². The van der Waals surface area contributed by atoms with E-state index in [0.717, 1.165) is 5.39 Å². The first-order valence-corrected chi connectivity index (χ1v) is 3.40. The summed E-state index contributed by atoms with van der Waals surface area (Å²) in [5.74, 6) is 0.239. The van der Waals surface area contributed by atoms with Crippen LogP contribution in [0.4, 0.5) is 0 Å². The van der Waals surface area contributed by atoms with Crippen LogP contribution in [0.3, 0.4) is 0 Å². The molecule has 0 saturated carbocycles. The Morgan fingerprint density at radius 2 is 1.83 bits per heavy atom. The molecule has 0 bridgehead atoms. The summed E-state index contributed by atoms with van der Waals surface area (Å²) in [5.41, 5.74) is 0.662. The zero-order valence-corrected chi connectivity index (χ0v) is 10.6. The van der Waals surface area contributed by atoms with Crippen molar-refractivity contribution >= 4 is 10.9 Å². The maximum atomic E-state index is 9.31. The Balaban J connectivity index is 0.000000720. The molecular weight excluding hydrogens is 251 g/mol. The van der Waals surface area contributed by atoms with Gasteiger partial charge in [-0.05, 0) is 12.1 Å². The van der Waals surface area contributed by atoms with E-state index in [1.54, 1.807) is 18.3 Å². The van der Waals surface area contributed by atoms with E-state index in [0.29, 0.717) is 5.52 Å². The van der Waals surface area contributed by atoms with Crippen molar-refractivity contribution in [3.63, 3.8) is 0 Å². The molecule has 3 heteroatoms. The molecule has 1 heterocycles. The second-order valence-corrected chi connectivity index (χ2v) is 2.35. The molecule has 2 aromatic rings. The van der Waals surface area contributed by atoms with Gasteiger partial charge in [0.05, 0.1) is 0 Å². The van der Waals surface area contributed by atoms with Crippen molar-refractivity contribution in [2.45, 2.75) is 0 Å². The van der Waals surface area contributed by atoms with Crippen molar-refractivity contribution < 1.29 is 32.4 Å². The number of aromatic hydroxyl groups is 1. The Kier molecular flexibility index (Phi) is 3.02. The van der Waals surface area contributed by atoms with Crippen LogP contribution in [0.5, 0.6) is 5.75 Å². The predicted molar refractivity (Wildman–Crippen MR) is 43.4 cm³/mol. The summed E-state index contributed by atoms with van der Waals surface area (Å²) in [4.78, 5) is 4.03. The molecule has 0 spiro atoms. The van der Waals surface area contributed by atoms with Gasteiger partial charge in [0.25, 0.3) is 0 Å². The first kappa shape index (κ1) is 9.44. The van der Waals surface area contributed by atoms with Gasteiger partial charge in [-0.15, -0.1) is 0 Å². The van der Waals surface area contributed by atoms with Crippen molar-refractivity contribution in [1.82, 2.24) is 4.98 Å². The summed E-state index contributed by atoms with van der Waals surface area (Å²) in [5, 5.41) is 10.3. The Bertz CT molecular complexity index is 384. The zero-order valence-electron chi connectivity index (χ0n) is 6.57. The Labute approximate surface area is 90.4 Å². The number of nitrogens with zero attached hydrogens (tertiary/aromatic N) is 1. The largest absolute Gasteiger partial charge is 0.506 e. The molecule has 56 valence electrons. The maximum absolute atomic E-state index is 9.31. The summed E-state index contributed by atoms with van der Waals surface area (Å²) in [6.45, 7) is 0. The molecule has 0 aliphatic rings. The Morgan fingerprint density at radius 1 is 1.08 bits per heavy atom. The van der Waals surface area contributed by atoms with Crippen molar-refractivity contribution in [3.8, 4) is 5.75 Å². The van der Waals surface area contributed by atoms with E-state index in [1.165, 1.54) is 0 Å². The van der Waals surface area contributed by atoms with Gasteiger partial charge >= 0.3 is 0 Å². The molecule has 0 fully saturated rings. The Morgan fingerprint density at radius 3 is 2.58 bits per heavy atom. The van der Waals surface area contributed by atoms with Crippen LogP contribution in [0, 0.1) is 0 Å². The number of phenolic OH excluding ortho intramolecular Hbond substituents is 1. The fourth-order valence-electron chi connectivity index (χ4n) is 1.09. The number of hydrogen-bond acceptors (Lipinski definition) is 2. The SMILES string of the molecule is Oc1cccc2cccnc12.[Cd]. The van der Waals surface area contributed by atoms with E-state index in [2.05, 4.69) is 4.98 Å². The molecule has 1 N–H and O–H groups in total. The predicted octanol–water partition coefficient (Wildman–Crippen LogP) is 1.94. The van der Waals surface area contributed by atoms with Gasteiger partial charge in [0.1, 0.15) is 11.3 Å². The molecule has 0 aliphatic heterocycles. The van der Waals surface area contributed by atoms with Crippen molar-refractivity contribution in [3.05, 3.63) is 36.5 Å². The molecule has 0 atom stereocenters. The summed E-state index contributed by atoms with van der Waals surface area (Å²) in [6, 6.07) is 9.13. The second-order valence-electron chi connectivity index (χ2n) is 2.35. The van der Waals surface area contributed by atoms with Crippen LogP contribution in [0.1, 0.15) is 0 Å². The number of fused-ring (bicyclic) bond motifs is 1. The summed E-state index contributed by atoms with van der Waals surface area (Å²) < 4.78 is 0. The number of phenols is 1. The van der Waals surface area contributed by atoms with E-state index < -0.39 is 0 Å². The molecule has 1 aromatic carbocycles. The minimum absolute atomic E-state index is 0. The summed E-state index contributed by atoms with van der Waals surface area (Å²) in [7, 11) is 0. The van der Waals surface area contributed by atoms with Gasteiger partial charge < -0.3 is 5.11 Å². The van der Waals surface area contributed by atoms with Crippen LogP contribution in [-0.2, 0) is 27.3 Å². The number of benzene rings is 1. The first-order chi connectivity index (χ1) is 5.38. The maximum Gasteiger partial charge on any atom is 0.141 e. The summed E-state index contributed by atoms with van der Waals surface area (Å²) in [6.07, 6.45) is 1.67. The van der Waals surface area contributed by atoms with E-state index in [9.17, 15) is 5.11 Å².